The summed E-state index contributed by atoms with van der Waals surface area (Å²) in [5.41, 5.74) is 0.490. The van der Waals surface area contributed by atoms with Gasteiger partial charge in [-0.3, -0.25) is 4.79 Å². The van der Waals surface area contributed by atoms with Crippen molar-refractivity contribution in [1.29, 1.82) is 0 Å². The molecule has 1 aromatic rings. The highest BCUT2D eigenvalue weighted by Crippen LogP contribution is 2.31. The van der Waals surface area contributed by atoms with Gasteiger partial charge in [0.05, 0.1) is 12.5 Å². The fraction of sp³-hybridized carbons (Fsp3) is 0.632. The molecule has 9 heteroatoms. The van der Waals surface area contributed by atoms with Crippen LogP contribution in [0.15, 0.2) is 23.1 Å². The number of anilines is 1. The smallest absolute Gasteiger partial charge is 0.246 e. The summed E-state index contributed by atoms with van der Waals surface area (Å²) in [7, 11) is -3.65. The van der Waals surface area contributed by atoms with Crippen molar-refractivity contribution >= 4 is 34.0 Å². The first kappa shape index (κ1) is 22.9. The number of sulfonamides is 1. The number of hydrogen-bond donors (Lipinski definition) is 2. The van der Waals surface area contributed by atoms with E-state index in [9.17, 15) is 13.2 Å². The van der Waals surface area contributed by atoms with E-state index in [0.717, 1.165) is 38.6 Å². The van der Waals surface area contributed by atoms with Gasteiger partial charge in [-0.05, 0) is 57.4 Å². The Balaban J connectivity index is 0.00000280. The van der Waals surface area contributed by atoms with Crippen molar-refractivity contribution in [2.45, 2.75) is 43.9 Å². The zero-order chi connectivity index (χ0) is 19.3. The molecule has 0 radical (unpaired) electrons. The summed E-state index contributed by atoms with van der Waals surface area (Å²) in [6.07, 6.45) is 4.60. The number of carbonyl (C=O) groups excluding carboxylic acids is 1. The van der Waals surface area contributed by atoms with Crippen LogP contribution in [0.2, 0.25) is 0 Å². The van der Waals surface area contributed by atoms with E-state index in [1.165, 1.54) is 10.4 Å². The molecule has 2 saturated heterocycles. The van der Waals surface area contributed by atoms with Gasteiger partial charge in [-0.15, -0.1) is 12.4 Å². The highest BCUT2D eigenvalue weighted by Gasteiger charge is 2.30. The Labute approximate surface area is 173 Å². The maximum Gasteiger partial charge on any atom is 0.246 e. The van der Waals surface area contributed by atoms with Gasteiger partial charge in [-0.2, -0.15) is 4.31 Å². The van der Waals surface area contributed by atoms with Crippen LogP contribution >= 0.6 is 12.4 Å². The van der Waals surface area contributed by atoms with E-state index in [1.807, 2.05) is 6.92 Å². The van der Waals surface area contributed by atoms with Crippen LogP contribution in [0.4, 0.5) is 5.69 Å². The van der Waals surface area contributed by atoms with E-state index in [4.69, 9.17) is 4.74 Å². The van der Waals surface area contributed by atoms with Gasteiger partial charge in [0, 0.05) is 25.3 Å². The molecule has 0 spiro atoms. The number of amides is 1. The maximum absolute atomic E-state index is 13.1. The molecular formula is C19H30ClN3O4S. The summed E-state index contributed by atoms with van der Waals surface area (Å²) in [5.74, 6) is 0.167. The number of benzene rings is 1. The minimum atomic E-state index is -3.65. The predicted molar refractivity (Wildman–Crippen MR) is 112 cm³/mol. The fourth-order valence-electron chi connectivity index (χ4n) is 3.63. The minimum absolute atomic E-state index is 0. The van der Waals surface area contributed by atoms with Gasteiger partial charge in [0.1, 0.15) is 10.6 Å². The first-order chi connectivity index (χ1) is 13.0. The Hall–Kier alpha value is -1.35. The van der Waals surface area contributed by atoms with Crippen LogP contribution in [0.3, 0.4) is 0 Å². The molecule has 0 bridgehead atoms. The van der Waals surface area contributed by atoms with Crippen LogP contribution in [-0.4, -0.2) is 51.4 Å². The predicted octanol–water partition coefficient (Wildman–Crippen LogP) is 2.62. The molecule has 7 nitrogen and oxygen atoms in total. The van der Waals surface area contributed by atoms with Gasteiger partial charge in [0.2, 0.25) is 15.9 Å². The van der Waals surface area contributed by atoms with Crippen LogP contribution in [-0.2, 0) is 14.8 Å². The number of nitrogens with one attached hydrogen (secondary N) is 2. The zero-order valence-electron chi connectivity index (χ0n) is 16.3. The number of hydrogen-bond acceptors (Lipinski definition) is 5. The minimum Gasteiger partial charge on any atom is -0.492 e. The third-order valence-corrected chi connectivity index (χ3v) is 7.03. The zero-order valence-corrected chi connectivity index (χ0v) is 17.9. The summed E-state index contributed by atoms with van der Waals surface area (Å²) in [5, 5.41) is 6.10. The standard InChI is InChI=1S/C19H29N3O4S.ClH/c1-2-26-17-9-8-16(21-19(23)15-7-6-10-20-14-15)13-18(17)27(24,25)22-11-4-3-5-12-22;/h8-9,13,15,20H,2-7,10-12,14H2,1H3,(H,21,23);1H. The van der Waals surface area contributed by atoms with E-state index < -0.39 is 10.0 Å². The highest BCUT2D eigenvalue weighted by atomic mass is 35.5. The van der Waals surface area contributed by atoms with Gasteiger partial charge in [-0.1, -0.05) is 6.42 Å². The highest BCUT2D eigenvalue weighted by molar-refractivity contribution is 7.89. The monoisotopic (exact) mass is 431 g/mol. The largest absolute Gasteiger partial charge is 0.492 e. The molecule has 1 atom stereocenters. The van der Waals surface area contributed by atoms with Crippen LogP contribution in [0.25, 0.3) is 0 Å². The molecule has 2 heterocycles. The topological polar surface area (TPSA) is 87.7 Å². The van der Waals surface area contributed by atoms with Crippen molar-refractivity contribution < 1.29 is 17.9 Å². The molecule has 1 aromatic carbocycles. The van der Waals surface area contributed by atoms with Gasteiger partial charge < -0.3 is 15.4 Å². The number of piperidine rings is 2. The number of nitrogens with zero attached hydrogens (tertiary/aromatic N) is 1. The number of rotatable bonds is 6. The van der Waals surface area contributed by atoms with Gasteiger partial charge in [0.15, 0.2) is 0 Å². The molecule has 3 rings (SSSR count). The van der Waals surface area contributed by atoms with Crippen molar-refractivity contribution in [2.75, 3.05) is 38.1 Å². The Bertz CT molecular complexity index is 760. The van der Waals surface area contributed by atoms with E-state index in [-0.39, 0.29) is 29.1 Å². The van der Waals surface area contributed by atoms with Crippen molar-refractivity contribution in [1.82, 2.24) is 9.62 Å². The molecular weight excluding hydrogens is 402 g/mol. The number of halogens is 1. The molecule has 0 aromatic heterocycles. The van der Waals surface area contributed by atoms with E-state index >= 15 is 0 Å². The first-order valence-corrected chi connectivity index (χ1v) is 11.2. The van der Waals surface area contributed by atoms with Crippen molar-refractivity contribution in [2.24, 2.45) is 5.92 Å². The Morgan fingerprint density at radius 3 is 2.64 bits per heavy atom. The summed E-state index contributed by atoms with van der Waals surface area (Å²) in [6.45, 7) is 4.84. The quantitative estimate of drug-likeness (QED) is 0.722. The third kappa shape index (κ3) is 5.37. The molecule has 2 aliphatic rings. The Morgan fingerprint density at radius 1 is 1.25 bits per heavy atom. The van der Waals surface area contributed by atoms with E-state index in [1.54, 1.807) is 12.1 Å². The SMILES string of the molecule is CCOc1ccc(NC(=O)C2CCCNC2)cc1S(=O)(=O)N1CCCCC1.Cl. The molecule has 1 amide bonds. The molecule has 0 saturated carbocycles. The lowest BCUT2D eigenvalue weighted by atomic mass is 9.99. The molecule has 2 fully saturated rings. The number of carbonyl (C=O) groups is 1. The van der Waals surface area contributed by atoms with Crippen LogP contribution in [0, 0.1) is 5.92 Å². The summed E-state index contributed by atoms with van der Waals surface area (Å²) < 4.78 is 33.4. The average Bonchev–Trinajstić information content (AvgIpc) is 2.70. The number of ether oxygens (including phenoxy) is 1. The fourth-order valence-corrected chi connectivity index (χ4v) is 5.30. The van der Waals surface area contributed by atoms with Crippen molar-refractivity contribution in [3.63, 3.8) is 0 Å². The normalized spacial score (nSPS) is 20.8. The molecule has 2 N–H and O–H groups in total. The van der Waals surface area contributed by atoms with E-state index in [2.05, 4.69) is 10.6 Å². The lowest BCUT2D eigenvalue weighted by Gasteiger charge is -2.27. The second kappa shape index (κ2) is 10.4. The Kier molecular flexibility index (Phi) is 8.55. The second-order valence-electron chi connectivity index (χ2n) is 7.09. The molecule has 28 heavy (non-hydrogen) atoms. The third-order valence-electron chi connectivity index (χ3n) is 5.11. The molecule has 0 aliphatic carbocycles. The summed E-state index contributed by atoms with van der Waals surface area (Å²) in [6, 6.07) is 4.87. The lowest BCUT2D eigenvalue weighted by molar-refractivity contribution is -0.120. The van der Waals surface area contributed by atoms with Gasteiger partial charge in [-0.25, -0.2) is 8.42 Å². The van der Waals surface area contributed by atoms with Crippen molar-refractivity contribution in [3.05, 3.63) is 18.2 Å². The molecule has 158 valence electrons. The summed E-state index contributed by atoms with van der Waals surface area (Å²) in [4.78, 5) is 12.6. The molecule has 1 unspecified atom stereocenters. The molecule has 2 aliphatic heterocycles. The second-order valence-corrected chi connectivity index (χ2v) is 9.00. The lowest BCUT2D eigenvalue weighted by Crippen LogP contribution is -2.37. The first-order valence-electron chi connectivity index (χ1n) is 9.81. The Morgan fingerprint density at radius 2 is 2.00 bits per heavy atom. The van der Waals surface area contributed by atoms with Crippen LogP contribution in [0.5, 0.6) is 5.75 Å². The van der Waals surface area contributed by atoms with Crippen LogP contribution in [0.1, 0.15) is 39.0 Å². The van der Waals surface area contributed by atoms with Gasteiger partial charge >= 0.3 is 0 Å². The average molecular weight is 432 g/mol. The van der Waals surface area contributed by atoms with Crippen LogP contribution < -0.4 is 15.4 Å². The van der Waals surface area contributed by atoms with Crippen molar-refractivity contribution in [3.8, 4) is 5.75 Å². The maximum atomic E-state index is 13.1. The van der Waals surface area contributed by atoms with Gasteiger partial charge in [0.25, 0.3) is 0 Å². The summed E-state index contributed by atoms with van der Waals surface area (Å²) >= 11 is 0. The van der Waals surface area contributed by atoms with E-state index in [0.29, 0.717) is 37.7 Å².